The average molecular weight is 294 g/mol. The summed E-state index contributed by atoms with van der Waals surface area (Å²) in [5.74, 6) is 0.321. The van der Waals surface area contributed by atoms with Crippen molar-refractivity contribution in [2.45, 2.75) is 26.4 Å². The van der Waals surface area contributed by atoms with E-state index in [2.05, 4.69) is 10.6 Å². The standard InChI is InChI=1S/C15H22N2O4/c1-15(2,3)21-14(19)17-10-6-7-11(12(18)9-16-4)13(8-10)20-5/h6-8,16H,9H2,1-5H3,(H,17,19). The van der Waals surface area contributed by atoms with E-state index in [1.807, 2.05) is 0 Å². The fourth-order valence-corrected chi connectivity index (χ4v) is 1.68. The number of likely N-dealkylation sites (N-methyl/N-ethyl adjacent to an activating group) is 1. The lowest BCUT2D eigenvalue weighted by molar-refractivity contribution is 0.0636. The van der Waals surface area contributed by atoms with Crippen LogP contribution in [-0.4, -0.2) is 38.2 Å². The zero-order chi connectivity index (χ0) is 16.0. The Kier molecular flexibility index (Phi) is 5.72. The molecule has 0 unspecified atom stereocenters. The summed E-state index contributed by atoms with van der Waals surface area (Å²) in [4.78, 5) is 23.6. The van der Waals surface area contributed by atoms with Crippen LogP contribution in [0, 0.1) is 0 Å². The van der Waals surface area contributed by atoms with Crippen molar-refractivity contribution in [3.8, 4) is 5.75 Å². The van der Waals surface area contributed by atoms with Gasteiger partial charge in [0, 0.05) is 11.8 Å². The number of hydrogen-bond acceptors (Lipinski definition) is 5. The van der Waals surface area contributed by atoms with Gasteiger partial charge in [0.05, 0.1) is 19.2 Å². The number of rotatable bonds is 5. The van der Waals surface area contributed by atoms with Crippen LogP contribution in [0.5, 0.6) is 5.75 Å². The van der Waals surface area contributed by atoms with E-state index in [1.165, 1.54) is 7.11 Å². The summed E-state index contributed by atoms with van der Waals surface area (Å²) in [5, 5.41) is 5.40. The van der Waals surface area contributed by atoms with Crippen molar-refractivity contribution in [3.05, 3.63) is 23.8 Å². The van der Waals surface area contributed by atoms with Crippen molar-refractivity contribution in [1.29, 1.82) is 0 Å². The Balaban J connectivity index is 2.87. The number of carbonyl (C=O) groups excluding carboxylic acids is 2. The van der Waals surface area contributed by atoms with Crippen LogP contribution >= 0.6 is 0 Å². The first-order valence-corrected chi connectivity index (χ1v) is 6.62. The minimum Gasteiger partial charge on any atom is -0.496 e. The molecule has 0 radical (unpaired) electrons. The molecule has 0 bridgehead atoms. The molecule has 0 heterocycles. The third kappa shape index (κ3) is 5.43. The van der Waals surface area contributed by atoms with Crippen molar-refractivity contribution in [2.24, 2.45) is 0 Å². The Morgan fingerprint density at radius 2 is 1.90 bits per heavy atom. The number of carbonyl (C=O) groups is 2. The zero-order valence-electron chi connectivity index (χ0n) is 13.1. The lowest BCUT2D eigenvalue weighted by Gasteiger charge is -2.20. The van der Waals surface area contributed by atoms with Gasteiger partial charge in [-0.2, -0.15) is 0 Å². The highest BCUT2D eigenvalue weighted by Crippen LogP contribution is 2.24. The van der Waals surface area contributed by atoms with Gasteiger partial charge in [0.15, 0.2) is 5.78 Å². The van der Waals surface area contributed by atoms with Gasteiger partial charge in [-0.3, -0.25) is 10.1 Å². The van der Waals surface area contributed by atoms with Gasteiger partial charge in [0.2, 0.25) is 0 Å². The molecule has 1 rings (SSSR count). The Bertz CT molecular complexity index is 521. The third-order valence-electron chi connectivity index (χ3n) is 2.48. The summed E-state index contributed by atoms with van der Waals surface area (Å²) in [7, 11) is 3.17. The molecular weight excluding hydrogens is 272 g/mol. The molecule has 1 amide bonds. The summed E-state index contributed by atoms with van der Waals surface area (Å²) < 4.78 is 10.4. The first-order chi connectivity index (χ1) is 9.76. The number of hydrogen-bond donors (Lipinski definition) is 2. The first-order valence-electron chi connectivity index (χ1n) is 6.62. The van der Waals surface area contributed by atoms with Gasteiger partial charge in [0.25, 0.3) is 0 Å². The number of amides is 1. The molecule has 6 heteroatoms. The monoisotopic (exact) mass is 294 g/mol. The SMILES string of the molecule is CNCC(=O)c1ccc(NC(=O)OC(C)(C)C)cc1OC. The second-order valence-electron chi connectivity index (χ2n) is 5.50. The lowest BCUT2D eigenvalue weighted by atomic mass is 10.1. The van der Waals surface area contributed by atoms with Crippen molar-refractivity contribution in [3.63, 3.8) is 0 Å². The molecular formula is C15H22N2O4. The van der Waals surface area contributed by atoms with Crippen LogP contribution < -0.4 is 15.4 Å². The highest BCUT2D eigenvalue weighted by Gasteiger charge is 2.17. The maximum Gasteiger partial charge on any atom is 0.412 e. The molecule has 0 spiro atoms. The largest absolute Gasteiger partial charge is 0.496 e. The summed E-state index contributed by atoms with van der Waals surface area (Å²) in [6.45, 7) is 5.57. The molecule has 1 aromatic carbocycles. The van der Waals surface area contributed by atoms with E-state index in [0.717, 1.165) is 0 Å². The maximum atomic E-state index is 11.9. The highest BCUT2D eigenvalue weighted by atomic mass is 16.6. The molecule has 6 nitrogen and oxygen atoms in total. The number of Topliss-reactive ketones (excluding diaryl/α,β-unsaturated/α-hetero) is 1. The van der Waals surface area contributed by atoms with Crippen LogP contribution in [0.15, 0.2) is 18.2 Å². The molecule has 116 valence electrons. The van der Waals surface area contributed by atoms with Gasteiger partial charge in [-0.1, -0.05) is 0 Å². The van der Waals surface area contributed by atoms with Crippen LogP contribution in [0.1, 0.15) is 31.1 Å². The fraction of sp³-hybridized carbons (Fsp3) is 0.467. The Labute approximate surface area is 124 Å². The van der Waals surface area contributed by atoms with Gasteiger partial charge < -0.3 is 14.8 Å². The number of benzene rings is 1. The molecule has 0 fully saturated rings. The molecule has 0 saturated carbocycles. The smallest absolute Gasteiger partial charge is 0.412 e. The second kappa shape index (κ2) is 7.08. The van der Waals surface area contributed by atoms with E-state index in [0.29, 0.717) is 17.0 Å². The quantitative estimate of drug-likeness (QED) is 0.816. The molecule has 2 N–H and O–H groups in total. The number of nitrogens with one attached hydrogen (secondary N) is 2. The Hall–Kier alpha value is -2.08. The normalized spacial score (nSPS) is 10.9. The average Bonchev–Trinajstić information content (AvgIpc) is 2.36. The Morgan fingerprint density at radius 1 is 1.24 bits per heavy atom. The molecule has 0 aliphatic rings. The van der Waals surface area contributed by atoms with Gasteiger partial charge in [-0.25, -0.2) is 4.79 Å². The minimum atomic E-state index is -0.573. The van der Waals surface area contributed by atoms with E-state index in [-0.39, 0.29) is 12.3 Å². The second-order valence-corrected chi connectivity index (χ2v) is 5.50. The number of ether oxygens (including phenoxy) is 2. The molecule has 21 heavy (non-hydrogen) atoms. The fourth-order valence-electron chi connectivity index (χ4n) is 1.68. The molecule has 0 aliphatic carbocycles. The van der Waals surface area contributed by atoms with Gasteiger partial charge >= 0.3 is 6.09 Å². The van der Waals surface area contributed by atoms with Crippen molar-refractivity contribution in [2.75, 3.05) is 26.0 Å². The van der Waals surface area contributed by atoms with E-state index < -0.39 is 11.7 Å². The summed E-state index contributed by atoms with van der Waals surface area (Å²) >= 11 is 0. The molecule has 0 aliphatic heterocycles. The van der Waals surface area contributed by atoms with Crippen LogP contribution in [0.4, 0.5) is 10.5 Å². The van der Waals surface area contributed by atoms with E-state index >= 15 is 0 Å². The number of anilines is 1. The van der Waals surface area contributed by atoms with Gasteiger partial charge in [0.1, 0.15) is 11.4 Å². The minimum absolute atomic E-state index is 0.0850. The third-order valence-corrected chi connectivity index (χ3v) is 2.48. The Morgan fingerprint density at radius 3 is 2.43 bits per heavy atom. The van der Waals surface area contributed by atoms with Crippen LogP contribution in [0.25, 0.3) is 0 Å². The number of methoxy groups -OCH3 is 1. The molecule has 0 atom stereocenters. The topological polar surface area (TPSA) is 76.7 Å². The van der Waals surface area contributed by atoms with Crippen LogP contribution in [0.3, 0.4) is 0 Å². The predicted molar refractivity (Wildman–Crippen MR) is 81.1 cm³/mol. The summed E-state index contributed by atoms with van der Waals surface area (Å²) in [6, 6.07) is 4.84. The molecule has 1 aromatic rings. The lowest BCUT2D eigenvalue weighted by Crippen LogP contribution is -2.27. The molecule has 0 saturated heterocycles. The summed E-state index contributed by atoms with van der Waals surface area (Å²) in [6.07, 6.45) is -0.557. The van der Waals surface area contributed by atoms with E-state index in [4.69, 9.17) is 9.47 Å². The van der Waals surface area contributed by atoms with Crippen molar-refractivity contribution < 1.29 is 19.1 Å². The first kappa shape index (κ1) is 17.0. The summed E-state index contributed by atoms with van der Waals surface area (Å²) in [5.41, 5.74) is 0.389. The predicted octanol–water partition coefficient (Wildman–Crippen LogP) is 2.44. The highest BCUT2D eigenvalue weighted by molar-refractivity contribution is 6.01. The van der Waals surface area contributed by atoms with Gasteiger partial charge in [-0.05, 0) is 40.0 Å². The van der Waals surface area contributed by atoms with Gasteiger partial charge in [-0.15, -0.1) is 0 Å². The van der Waals surface area contributed by atoms with E-state index in [9.17, 15) is 9.59 Å². The van der Waals surface area contributed by atoms with E-state index in [1.54, 1.807) is 46.0 Å². The zero-order valence-corrected chi connectivity index (χ0v) is 13.1. The van der Waals surface area contributed by atoms with Crippen molar-refractivity contribution in [1.82, 2.24) is 5.32 Å². The van der Waals surface area contributed by atoms with Crippen LogP contribution in [0.2, 0.25) is 0 Å². The number of ketones is 1. The maximum absolute atomic E-state index is 11.9. The van der Waals surface area contributed by atoms with Crippen molar-refractivity contribution >= 4 is 17.6 Å². The van der Waals surface area contributed by atoms with Crippen LogP contribution in [-0.2, 0) is 4.74 Å². The molecule has 0 aromatic heterocycles.